The number of hydrogen-bond acceptors (Lipinski definition) is 5. The van der Waals surface area contributed by atoms with E-state index < -0.39 is 17.6 Å². The molecule has 0 fully saturated rings. The van der Waals surface area contributed by atoms with E-state index in [0.717, 1.165) is 0 Å². The van der Waals surface area contributed by atoms with E-state index in [-0.39, 0.29) is 17.2 Å². The molecule has 0 aliphatic rings. The van der Waals surface area contributed by atoms with Gasteiger partial charge in [0.25, 0.3) is 0 Å². The summed E-state index contributed by atoms with van der Waals surface area (Å²) in [6, 6.07) is 7.70. The molecule has 0 saturated heterocycles. The topological polar surface area (TPSA) is 89.0 Å². The lowest BCUT2D eigenvalue weighted by molar-refractivity contribution is -0.139. The van der Waals surface area contributed by atoms with Gasteiger partial charge >= 0.3 is 11.8 Å². The van der Waals surface area contributed by atoms with Gasteiger partial charge in [-0.2, -0.15) is 5.10 Å². The molecule has 30 heavy (non-hydrogen) atoms. The summed E-state index contributed by atoms with van der Waals surface area (Å²) < 4.78 is 25.9. The van der Waals surface area contributed by atoms with Crippen LogP contribution in [0.1, 0.15) is 25.0 Å². The third-order valence-corrected chi connectivity index (χ3v) is 4.62. The molecule has 0 aliphatic heterocycles. The van der Waals surface area contributed by atoms with Crippen LogP contribution in [-0.4, -0.2) is 31.2 Å². The fraction of sp³-hybridized carbons (Fsp3) is 0.250. The number of rotatable bonds is 8. The van der Waals surface area contributed by atoms with Gasteiger partial charge in [-0.15, -0.1) is 0 Å². The number of carbonyl (C=O) groups is 2. The van der Waals surface area contributed by atoms with E-state index >= 15 is 0 Å². The molecule has 0 aromatic heterocycles. The molecule has 2 aromatic rings. The zero-order valence-corrected chi connectivity index (χ0v) is 18.6. The molecule has 2 aromatic carbocycles. The van der Waals surface area contributed by atoms with Gasteiger partial charge in [0.2, 0.25) is 0 Å². The average Bonchev–Trinajstić information content (AvgIpc) is 2.69. The number of carbonyl (C=O) groups excluding carboxylic acids is 2. The van der Waals surface area contributed by atoms with Crippen LogP contribution in [0.3, 0.4) is 0 Å². The Bertz CT molecular complexity index is 936. The van der Waals surface area contributed by atoms with Gasteiger partial charge in [-0.05, 0) is 59.6 Å². The quantitative estimate of drug-likeness (QED) is 0.328. The summed E-state index contributed by atoms with van der Waals surface area (Å²) in [7, 11) is 0. The molecule has 0 spiro atoms. The Morgan fingerprint density at radius 1 is 1.23 bits per heavy atom. The molecule has 0 heterocycles. The molecule has 2 rings (SSSR count). The van der Waals surface area contributed by atoms with Crippen LogP contribution in [0.25, 0.3) is 0 Å². The van der Waals surface area contributed by atoms with Crippen molar-refractivity contribution in [2.45, 2.75) is 20.5 Å². The Hall–Kier alpha value is -2.65. The Morgan fingerprint density at radius 2 is 2.00 bits per heavy atom. The van der Waals surface area contributed by atoms with E-state index in [2.05, 4.69) is 31.8 Å². The first-order valence-corrected chi connectivity index (χ1v) is 10.2. The third kappa shape index (κ3) is 6.43. The van der Waals surface area contributed by atoms with Crippen LogP contribution in [0.15, 0.2) is 39.9 Å². The number of hydrogen-bond donors (Lipinski definition) is 2. The molecular formula is C20H20BrClFN3O4. The van der Waals surface area contributed by atoms with Crippen molar-refractivity contribution in [2.24, 2.45) is 5.10 Å². The molecule has 0 atom stereocenters. The van der Waals surface area contributed by atoms with Crippen molar-refractivity contribution in [3.05, 3.63) is 56.8 Å². The molecule has 2 N–H and O–H groups in total. The minimum Gasteiger partial charge on any atom is -0.490 e. The Morgan fingerprint density at radius 3 is 2.67 bits per heavy atom. The summed E-state index contributed by atoms with van der Waals surface area (Å²) in [5.41, 5.74) is 2.93. The van der Waals surface area contributed by atoms with Crippen molar-refractivity contribution in [2.75, 3.05) is 13.2 Å². The molecule has 160 valence electrons. The lowest BCUT2D eigenvalue weighted by Gasteiger charge is -2.15. The predicted molar refractivity (Wildman–Crippen MR) is 115 cm³/mol. The summed E-state index contributed by atoms with van der Waals surface area (Å²) in [6.07, 6.45) is 1.35. The second-order valence-electron chi connectivity index (χ2n) is 5.81. The molecule has 2 amide bonds. The summed E-state index contributed by atoms with van der Waals surface area (Å²) >= 11 is 9.44. The van der Waals surface area contributed by atoms with E-state index in [9.17, 15) is 14.0 Å². The molecule has 0 radical (unpaired) electrons. The maximum absolute atomic E-state index is 14.0. The van der Waals surface area contributed by atoms with Crippen LogP contribution in [0.4, 0.5) is 4.39 Å². The second kappa shape index (κ2) is 11.5. The maximum atomic E-state index is 14.0. The minimum atomic E-state index is -0.876. The fourth-order valence-corrected chi connectivity index (χ4v) is 3.13. The highest BCUT2D eigenvalue weighted by molar-refractivity contribution is 9.10. The van der Waals surface area contributed by atoms with Gasteiger partial charge in [-0.3, -0.25) is 9.59 Å². The number of ether oxygens (including phenoxy) is 2. The smallest absolute Gasteiger partial charge is 0.329 e. The standard InChI is InChI=1S/C20H20BrClFN3O4/c1-3-24-19(27)20(28)26-25-10-12-8-14(21)18(17(9-12)29-4-2)30-11-13-15(22)6-5-7-16(13)23/h5-10H,3-4,11H2,1-2H3,(H,24,27)(H,26,28)/b25-10-. The zero-order valence-electron chi connectivity index (χ0n) is 16.3. The maximum Gasteiger partial charge on any atom is 0.329 e. The van der Waals surface area contributed by atoms with Crippen molar-refractivity contribution in [3.8, 4) is 11.5 Å². The van der Waals surface area contributed by atoms with Crippen LogP contribution < -0.4 is 20.2 Å². The molecule has 0 saturated carbocycles. The minimum absolute atomic E-state index is 0.0970. The summed E-state index contributed by atoms with van der Waals surface area (Å²) in [5, 5.41) is 6.39. The number of benzene rings is 2. The van der Waals surface area contributed by atoms with Crippen molar-refractivity contribution in [1.82, 2.24) is 10.7 Å². The van der Waals surface area contributed by atoms with Gasteiger partial charge in [0, 0.05) is 12.1 Å². The van der Waals surface area contributed by atoms with E-state index in [0.29, 0.717) is 34.7 Å². The third-order valence-electron chi connectivity index (χ3n) is 3.68. The Kier molecular flexibility index (Phi) is 9.07. The van der Waals surface area contributed by atoms with E-state index in [1.54, 1.807) is 32.0 Å². The summed E-state index contributed by atoms with van der Waals surface area (Å²) in [4.78, 5) is 22.9. The van der Waals surface area contributed by atoms with Gasteiger partial charge in [0.15, 0.2) is 11.5 Å². The highest BCUT2D eigenvalue weighted by atomic mass is 79.9. The Labute approximate surface area is 186 Å². The lowest BCUT2D eigenvalue weighted by atomic mass is 10.2. The van der Waals surface area contributed by atoms with Crippen molar-refractivity contribution in [3.63, 3.8) is 0 Å². The van der Waals surface area contributed by atoms with Crippen LogP contribution in [0.5, 0.6) is 11.5 Å². The van der Waals surface area contributed by atoms with Crippen LogP contribution in [0.2, 0.25) is 5.02 Å². The van der Waals surface area contributed by atoms with Crippen LogP contribution >= 0.6 is 27.5 Å². The summed E-state index contributed by atoms with van der Waals surface area (Å²) in [5.74, 6) is -1.38. The highest BCUT2D eigenvalue weighted by Crippen LogP contribution is 2.37. The molecule has 0 unspecified atom stereocenters. The van der Waals surface area contributed by atoms with Gasteiger partial charge in [0.1, 0.15) is 12.4 Å². The van der Waals surface area contributed by atoms with Gasteiger partial charge in [-0.25, -0.2) is 9.82 Å². The number of amides is 2. The first-order valence-electron chi connectivity index (χ1n) is 9.00. The number of halogens is 3. The van der Waals surface area contributed by atoms with Crippen LogP contribution in [-0.2, 0) is 16.2 Å². The van der Waals surface area contributed by atoms with Crippen molar-refractivity contribution < 1.29 is 23.5 Å². The largest absolute Gasteiger partial charge is 0.490 e. The number of nitrogens with zero attached hydrogens (tertiary/aromatic N) is 1. The normalized spacial score (nSPS) is 10.7. The summed E-state index contributed by atoms with van der Waals surface area (Å²) in [6.45, 7) is 4.10. The average molecular weight is 501 g/mol. The monoisotopic (exact) mass is 499 g/mol. The number of hydrazone groups is 1. The zero-order chi connectivity index (χ0) is 22.1. The second-order valence-corrected chi connectivity index (χ2v) is 7.07. The first-order chi connectivity index (χ1) is 14.4. The Balaban J connectivity index is 2.18. The number of likely N-dealkylation sites (N-methyl/N-ethyl adjacent to an activating group) is 1. The van der Waals surface area contributed by atoms with Gasteiger partial charge in [-0.1, -0.05) is 17.7 Å². The lowest BCUT2D eigenvalue weighted by Crippen LogP contribution is -2.37. The first kappa shape index (κ1) is 23.6. The molecule has 0 aliphatic carbocycles. The van der Waals surface area contributed by atoms with Crippen molar-refractivity contribution >= 4 is 45.6 Å². The fourth-order valence-electron chi connectivity index (χ4n) is 2.34. The molecule has 7 nitrogen and oxygen atoms in total. The molecule has 0 bridgehead atoms. The molecular weight excluding hydrogens is 481 g/mol. The van der Waals surface area contributed by atoms with E-state index in [1.807, 2.05) is 0 Å². The van der Waals surface area contributed by atoms with Gasteiger partial charge < -0.3 is 14.8 Å². The van der Waals surface area contributed by atoms with Crippen LogP contribution in [0, 0.1) is 5.82 Å². The molecule has 10 heteroatoms. The highest BCUT2D eigenvalue weighted by Gasteiger charge is 2.15. The van der Waals surface area contributed by atoms with E-state index in [4.69, 9.17) is 21.1 Å². The van der Waals surface area contributed by atoms with E-state index in [1.165, 1.54) is 18.3 Å². The SMILES string of the molecule is CCNC(=O)C(=O)N/N=C\c1cc(Br)c(OCc2c(F)cccc2Cl)c(OCC)c1. The van der Waals surface area contributed by atoms with Crippen molar-refractivity contribution in [1.29, 1.82) is 0 Å². The number of nitrogens with one attached hydrogen (secondary N) is 2. The predicted octanol–water partition coefficient (Wildman–Crippen LogP) is 3.81. The van der Waals surface area contributed by atoms with Gasteiger partial charge in [0.05, 0.1) is 22.3 Å².